The molecule has 0 aliphatic heterocycles. The maximum absolute atomic E-state index is 9.39. The summed E-state index contributed by atoms with van der Waals surface area (Å²) in [5.74, 6) is 1.08. The van der Waals surface area contributed by atoms with Gasteiger partial charge in [-0.15, -0.1) is 0 Å². The van der Waals surface area contributed by atoms with Gasteiger partial charge in [-0.25, -0.2) is 0 Å². The lowest BCUT2D eigenvalue weighted by Gasteiger charge is -2.32. The van der Waals surface area contributed by atoms with Gasteiger partial charge in [0.2, 0.25) is 0 Å². The van der Waals surface area contributed by atoms with Crippen LogP contribution in [0, 0.1) is 0 Å². The SMILES string of the molecule is CC(C)NC(C)(CO)CCSC(C)(C)C. The molecule has 0 saturated heterocycles. The van der Waals surface area contributed by atoms with E-state index in [1.807, 2.05) is 11.8 Å². The van der Waals surface area contributed by atoms with Crippen LogP contribution in [-0.4, -0.2) is 33.8 Å². The maximum Gasteiger partial charge on any atom is 0.0610 e. The first-order valence-electron chi connectivity index (χ1n) is 5.71. The van der Waals surface area contributed by atoms with Crippen molar-refractivity contribution in [2.24, 2.45) is 0 Å². The third-order valence-corrected chi connectivity index (χ3v) is 3.45. The van der Waals surface area contributed by atoms with Crippen LogP contribution in [0.3, 0.4) is 0 Å². The first kappa shape index (κ1) is 15.3. The summed E-state index contributed by atoms with van der Waals surface area (Å²) in [6, 6.07) is 0.418. The van der Waals surface area contributed by atoms with E-state index in [0.717, 1.165) is 12.2 Å². The molecule has 3 heteroatoms. The topological polar surface area (TPSA) is 32.3 Å². The van der Waals surface area contributed by atoms with Crippen LogP contribution in [0.2, 0.25) is 0 Å². The van der Waals surface area contributed by atoms with Gasteiger partial charge in [0, 0.05) is 16.3 Å². The average Bonchev–Trinajstić information content (AvgIpc) is 2.00. The summed E-state index contributed by atoms with van der Waals surface area (Å²) in [7, 11) is 0. The van der Waals surface area contributed by atoms with E-state index >= 15 is 0 Å². The maximum atomic E-state index is 9.39. The fraction of sp³-hybridized carbons (Fsp3) is 1.00. The highest BCUT2D eigenvalue weighted by Gasteiger charge is 2.24. The van der Waals surface area contributed by atoms with Gasteiger partial charge in [-0.3, -0.25) is 0 Å². The second-order valence-electron chi connectivity index (χ2n) is 5.73. The van der Waals surface area contributed by atoms with Crippen molar-refractivity contribution in [1.29, 1.82) is 0 Å². The second kappa shape index (κ2) is 6.12. The molecule has 0 aromatic carbocycles. The molecule has 0 bridgehead atoms. The van der Waals surface area contributed by atoms with Crippen LogP contribution in [0.1, 0.15) is 48.0 Å². The zero-order valence-electron chi connectivity index (χ0n) is 11.1. The minimum absolute atomic E-state index is 0.133. The molecule has 0 aromatic heterocycles. The molecule has 0 radical (unpaired) electrons. The van der Waals surface area contributed by atoms with E-state index in [2.05, 4.69) is 46.9 Å². The molecule has 1 unspecified atom stereocenters. The van der Waals surface area contributed by atoms with Gasteiger partial charge in [0.25, 0.3) is 0 Å². The lowest BCUT2D eigenvalue weighted by atomic mass is 9.99. The summed E-state index contributed by atoms with van der Waals surface area (Å²) >= 11 is 1.95. The highest BCUT2D eigenvalue weighted by atomic mass is 32.2. The van der Waals surface area contributed by atoms with E-state index in [0.29, 0.717) is 10.8 Å². The van der Waals surface area contributed by atoms with Crippen LogP contribution in [0.5, 0.6) is 0 Å². The van der Waals surface area contributed by atoms with Crippen LogP contribution >= 0.6 is 11.8 Å². The van der Waals surface area contributed by atoms with Gasteiger partial charge in [0.1, 0.15) is 0 Å². The molecule has 2 nitrogen and oxygen atoms in total. The molecule has 15 heavy (non-hydrogen) atoms. The molecule has 0 heterocycles. The molecule has 92 valence electrons. The molecule has 0 rings (SSSR count). The molecule has 0 fully saturated rings. The predicted octanol–water partition coefficient (Wildman–Crippen LogP) is 2.66. The van der Waals surface area contributed by atoms with Crippen molar-refractivity contribution in [3.8, 4) is 0 Å². The van der Waals surface area contributed by atoms with E-state index in [4.69, 9.17) is 0 Å². The van der Waals surface area contributed by atoms with Crippen LogP contribution in [0.15, 0.2) is 0 Å². The number of aliphatic hydroxyl groups excluding tert-OH is 1. The normalized spacial score (nSPS) is 16.8. The lowest BCUT2D eigenvalue weighted by molar-refractivity contribution is 0.162. The highest BCUT2D eigenvalue weighted by Crippen LogP contribution is 2.26. The smallest absolute Gasteiger partial charge is 0.0610 e. The third-order valence-electron chi connectivity index (χ3n) is 2.18. The Kier molecular flexibility index (Phi) is 6.23. The fourth-order valence-corrected chi connectivity index (χ4v) is 2.64. The van der Waals surface area contributed by atoms with Crippen LogP contribution in [0.25, 0.3) is 0 Å². The Hall–Kier alpha value is 0.270. The zero-order chi connectivity index (χ0) is 12.1. The third kappa shape index (κ3) is 8.12. The molecule has 0 aliphatic rings. The van der Waals surface area contributed by atoms with Crippen molar-refractivity contribution in [1.82, 2.24) is 5.32 Å². The summed E-state index contributed by atoms with van der Waals surface area (Å²) in [6.07, 6.45) is 1.00. The molecule has 1 atom stereocenters. The van der Waals surface area contributed by atoms with Gasteiger partial charge in [-0.2, -0.15) is 11.8 Å². The molecule has 0 aliphatic carbocycles. The van der Waals surface area contributed by atoms with Gasteiger partial charge >= 0.3 is 0 Å². The Morgan fingerprint density at radius 3 is 2.07 bits per heavy atom. The van der Waals surface area contributed by atoms with Gasteiger partial charge < -0.3 is 10.4 Å². The monoisotopic (exact) mass is 233 g/mol. The number of aliphatic hydroxyl groups is 1. The highest BCUT2D eigenvalue weighted by molar-refractivity contribution is 8.00. The molecular weight excluding hydrogens is 206 g/mol. The Morgan fingerprint density at radius 2 is 1.73 bits per heavy atom. The minimum atomic E-state index is -0.133. The Labute approximate surface area is 99.2 Å². The van der Waals surface area contributed by atoms with Crippen molar-refractivity contribution in [2.45, 2.75) is 64.3 Å². The fourth-order valence-electron chi connectivity index (χ4n) is 1.48. The van der Waals surface area contributed by atoms with E-state index < -0.39 is 0 Å². The van der Waals surface area contributed by atoms with Gasteiger partial charge in [-0.1, -0.05) is 34.6 Å². The van der Waals surface area contributed by atoms with Gasteiger partial charge in [0.05, 0.1) is 6.61 Å². The molecule has 0 aromatic rings. The average molecular weight is 233 g/mol. The molecule has 0 spiro atoms. The second-order valence-corrected chi connectivity index (χ2v) is 7.65. The first-order valence-corrected chi connectivity index (χ1v) is 6.70. The summed E-state index contributed by atoms with van der Waals surface area (Å²) < 4.78 is 0.314. The Balaban J connectivity index is 3.99. The summed E-state index contributed by atoms with van der Waals surface area (Å²) in [4.78, 5) is 0. The molecule has 2 N–H and O–H groups in total. The predicted molar refractivity (Wildman–Crippen MR) is 70.6 cm³/mol. The van der Waals surface area contributed by atoms with E-state index in [-0.39, 0.29) is 12.1 Å². The summed E-state index contributed by atoms with van der Waals surface area (Å²) in [5, 5.41) is 12.8. The first-order chi connectivity index (χ1) is 6.68. The van der Waals surface area contributed by atoms with Crippen molar-refractivity contribution < 1.29 is 5.11 Å². The molecule has 0 amide bonds. The summed E-state index contributed by atoms with van der Waals surface area (Å²) in [6.45, 7) is 13.2. The quantitative estimate of drug-likeness (QED) is 0.740. The van der Waals surface area contributed by atoms with E-state index in [9.17, 15) is 5.11 Å². The van der Waals surface area contributed by atoms with Crippen molar-refractivity contribution >= 4 is 11.8 Å². The standard InChI is InChI=1S/C12H27NOS/c1-10(2)13-12(6,9-14)7-8-15-11(3,4)5/h10,13-14H,7-9H2,1-6H3. The minimum Gasteiger partial charge on any atom is -0.394 e. The van der Waals surface area contributed by atoms with Crippen molar-refractivity contribution in [3.05, 3.63) is 0 Å². The number of hydrogen-bond acceptors (Lipinski definition) is 3. The number of rotatable bonds is 6. The van der Waals surface area contributed by atoms with E-state index in [1.54, 1.807) is 0 Å². The van der Waals surface area contributed by atoms with Crippen LogP contribution in [0.4, 0.5) is 0 Å². The van der Waals surface area contributed by atoms with Crippen LogP contribution < -0.4 is 5.32 Å². The van der Waals surface area contributed by atoms with E-state index in [1.165, 1.54) is 0 Å². The number of hydrogen-bond donors (Lipinski definition) is 2. The van der Waals surface area contributed by atoms with Gasteiger partial charge in [0.15, 0.2) is 0 Å². The van der Waals surface area contributed by atoms with Crippen molar-refractivity contribution in [3.63, 3.8) is 0 Å². The number of thioether (sulfide) groups is 1. The van der Waals surface area contributed by atoms with Crippen LogP contribution in [-0.2, 0) is 0 Å². The zero-order valence-corrected chi connectivity index (χ0v) is 11.9. The number of nitrogens with one attached hydrogen (secondary N) is 1. The Bertz CT molecular complexity index is 177. The molecular formula is C12H27NOS. The largest absolute Gasteiger partial charge is 0.394 e. The summed E-state index contributed by atoms with van der Waals surface area (Å²) in [5.41, 5.74) is -0.133. The Morgan fingerprint density at radius 1 is 1.20 bits per heavy atom. The van der Waals surface area contributed by atoms with Crippen molar-refractivity contribution in [2.75, 3.05) is 12.4 Å². The van der Waals surface area contributed by atoms with Gasteiger partial charge in [-0.05, 0) is 19.1 Å². The lowest BCUT2D eigenvalue weighted by Crippen LogP contribution is -2.49. The molecule has 0 saturated carbocycles.